The fourth-order valence-corrected chi connectivity index (χ4v) is 2.29. The Labute approximate surface area is 154 Å². The fraction of sp³-hybridized carbons (Fsp3) is 0.529. The van der Waals surface area contributed by atoms with E-state index in [2.05, 4.69) is 16.0 Å². The van der Waals surface area contributed by atoms with Crippen LogP contribution in [-0.2, 0) is 9.53 Å². The van der Waals surface area contributed by atoms with Gasteiger partial charge < -0.3 is 30.2 Å². The zero-order valence-electron chi connectivity index (χ0n) is 15.2. The van der Waals surface area contributed by atoms with E-state index in [4.69, 9.17) is 26.4 Å². The highest BCUT2D eigenvalue weighted by Crippen LogP contribution is 2.36. The normalized spacial score (nSPS) is 10.1. The standard InChI is InChI=1S/C17H27N3O4S/c1-5-23-15-11-14(20-17(25)18-8-7-9-22-4)16(24-6-2)10-13(15)19-12(3)21/h10-11H,5-9H2,1-4H3,(H,19,21)(H2,18,20,25). The molecule has 0 unspecified atom stereocenters. The van der Waals surface area contributed by atoms with E-state index in [1.54, 1.807) is 19.2 Å². The first-order valence-corrected chi connectivity index (χ1v) is 8.67. The van der Waals surface area contributed by atoms with Gasteiger partial charge in [0.15, 0.2) is 5.11 Å². The smallest absolute Gasteiger partial charge is 0.221 e. The first-order chi connectivity index (χ1) is 12.0. The highest BCUT2D eigenvalue weighted by Gasteiger charge is 2.14. The average molecular weight is 369 g/mol. The Bertz CT molecular complexity index is 581. The molecule has 1 aromatic carbocycles. The highest BCUT2D eigenvalue weighted by atomic mass is 32.1. The summed E-state index contributed by atoms with van der Waals surface area (Å²) in [6.07, 6.45) is 0.850. The predicted molar refractivity (Wildman–Crippen MR) is 104 cm³/mol. The molecule has 0 aliphatic rings. The Morgan fingerprint density at radius 3 is 2.12 bits per heavy atom. The Hall–Kier alpha value is -2.06. The summed E-state index contributed by atoms with van der Waals surface area (Å²) in [7, 11) is 1.66. The molecule has 0 fully saturated rings. The lowest BCUT2D eigenvalue weighted by Crippen LogP contribution is -2.30. The molecule has 0 bridgehead atoms. The minimum atomic E-state index is -0.181. The summed E-state index contributed by atoms with van der Waals surface area (Å²) in [5.74, 6) is 0.945. The lowest BCUT2D eigenvalue weighted by molar-refractivity contribution is -0.114. The summed E-state index contributed by atoms with van der Waals surface area (Å²) in [5, 5.41) is 9.45. The van der Waals surface area contributed by atoms with E-state index >= 15 is 0 Å². The van der Waals surface area contributed by atoms with Gasteiger partial charge >= 0.3 is 0 Å². The van der Waals surface area contributed by atoms with E-state index in [1.165, 1.54) is 6.92 Å². The molecule has 0 spiro atoms. The number of hydrogen-bond donors (Lipinski definition) is 3. The summed E-state index contributed by atoms with van der Waals surface area (Å²) >= 11 is 5.31. The third-order valence-electron chi connectivity index (χ3n) is 3.05. The largest absolute Gasteiger partial charge is 0.492 e. The van der Waals surface area contributed by atoms with Crippen molar-refractivity contribution < 1.29 is 19.0 Å². The maximum atomic E-state index is 11.4. The highest BCUT2D eigenvalue weighted by molar-refractivity contribution is 7.80. The second-order valence-electron chi connectivity index (χ2n) is 5.12. The van der Waals surface area contributed by atoms with Gasteiger partial charge in [-0.25, -0.2) is 0 Å². The topological polar surface area (TPSA) is 80.8 Å². The van der Waals surface area contributed by atoms with Crippen molar-refractivity contribution >= 4 is 34.6 Å². The van der Waals surface area contributed by atoms with Gasteiger partial charge in [0.2, 0.25) is 5.91 Å². The van der Waals surface area contributed by atoms with Gasteiger partial charge in [-0.15, -0.1) is 0 Å². The number of anilines is 2. The summed E-state index contributed by atoms with van der Waals surface area (Å²) in [5.41, 5.74) is 1.23. The van der Waals surface area contributed by atoms with E-state index in [9.17, 15) is 4.79 Å². The van der Waals surface area contributed by atoms with Gasteiger partial charge in [0.1, 0.15) is 11.5 Å². The van der Waals surface area contributed by atoms with E-state index in [1.807, 2.05) is 13.8 Å². The Balaban J connectivity index is 2.96. The molecule has 8 heteroatoms. The monoisotopic (exact) mass is 369 g/mol. The third kappa shape index (κ3) is 7.57. The van der Waals surface area contributed by atoms with Crippen molar-refractivity contribution in [3.8, 4) is 11.5 Å². The first kappa shape index (κ1) is 21.0. The number of amides is 1. The molecule has 0 saturated heterocycles. The number of carbonyl (C=O) groups is 1. The van der Waals surface area contributed by atoms with Crippen LogP contribution in [-0.4, -0.2) is 44.5 Å². The van der Waals surface area contributed by atoms with Crippen molar-refractivity contribution in [1.82, 2.24) is 5.32 Å². The van der Waals surface area contributed by atoms with Crippen molar-refractivity contribution in [2.24, 2.45) is 0 Å². The SMILES string of the molecule is CCOc1cc(NC(=S)NCCCOC)c(OCC)cc1NC(C)=O. The average Bonchev–Trinajstić information content (AvgIpc) is 2.55. The van der Waals surface area contributed by atoms with Crippen LogP contribution < -0.4 is 25.4 Å². The number of benzene rings is 1. The molecule has 0 heterocycles. The Morgan fingerprint density at radius 2 is 1.64 bits per heavy atom. The molecule has 0 aromatic heterocycles. The van der Waals surface area contributed by atoms with Gasteiger partial charge in [-0.1, -0.05) is 0 Å². The predicted octanol–water partition coefficient (Wildman–Crippen LogP) is 2.77. The molecule has 0 saturated carbocycles. The van der Waals surface area contributed by atoms with Gasteiger partial charge in [-0.2, -0.15) is 0 Å². The van der Waals surface area contributed by atoms with E-state index in [-0.39, 0.29) is 5.91 Å². The van der Waals surface area contributed by atoms with Crippen LogP contribution in [0.15, 0.2) is 12.1 Å². The molecule has 0 atom stereocenters. The third-order valence-corrected chi connectivity index (χ3v) is 3.30. The van der Waals surface area contributed by atoms with E-state index in [0.29, 0.717) is 54.4 Å². The number of ether oxygens (including phenoxy) is 3. The van der Waals surface area contributed by atoms with Gasteiger partial charge in [0, 0.05) is 39.3 Å². The molecule has 0 aliphatic carbocycles. The minimum Gasteiger partial charge on any atom is -0.492 e. The van der Waals surface area contributed by atoms with Crippen LogP contribution in [0.1, 0.15) is 27.2 Å². The molecular weight excluding hydrogens is 342 g/mol. The molecular formula is C17H27N3O4S. The van der Waals surface area contributed by atoms with Gasteiger partial charge in [0.05, 0.1) is 24.6 Å². The second-order valence-corrected chi connectivity index (χ2v) is 5.53. The summed E-state index contributed by atoms with van der Waals surface area (Å²) in [6.45, 7) is 7.53. The molecule has 7 nitrogen and oxygen atoms in total. The zero-order valence-corrected chi connectivity index (χ0v) is 16.0. The number of rotatable bonds is 10. The molecule has 140 valence electrons. The van der Waals surface area contributed by atoms with E-state index < -0.39 is 0 Å². The van der Waals surface area contributed by atoms with Crippen LogP contribution in [0.4, 0.5) is 11.4 Å². The molecule has 25 heavy (non-hydrogen) atoms. The van der Waals surface area contributed by atoms with Crippen molar-refractivity contribution in [3.05, 3.63) is 12.1 Å². The summed E-state index contributed by atoms with van der Waals surface area (Å²) in [6, 6.07) is 3.49. The van der Waals surface area contributed by atoms with Crippen LogP contribution in [0.25, 0.3) is 0 Å². The van der Waals surface area contributed by atoms with Crippen LogP contribution in [0, 0.1) is 0 Å². The van der Waals surface area contributed by atoms with Gasteiger partial charge in [-0.3, -0.25) is 4.79 Å². The molecule has 1 rings (SSSR count). The zero-order chi connectivity index (χ0) is 18.7. The molecule has 3 N–H and O–H groups in total. The van der Waals surface area contributed by atoms with Gasteiger partial charge in [-0.05, 0) is 32.5 Å². The molecule has 0 radical (unpaired) electrons. The molecule has 1 aromatic rings. The van der Waals surface area contributed by atoms with Crippen molar-refractivity contribution in [3.63, 3.8) is 0 Å². The van der Waals surface area contributed by atoms with Gasteiger partial charge in [0.25, 0.3) is 0 Å². The number of nitrogens with one attached hydrogen (secondary N) is 3. The molecule has 1 amide bonds. The van der Waals surface area contributed by atoms with Crippen LogP contribution >= 0.6 is 12.2 Å². The van der Waals surface area contributed by atoms with Crippen molar-refractivity contribution in [2.75, 3.05) is 44.1 Å². The number of thiocarbonyl (C=S) groups is 1. The van der Waals surface area contributed by atoms with Crippen molar-refractivity contribution in [1.29, 1.82) is 0 Å². The van der Waals surface area contributed by atoms with Crippen LogP contribution in [0.5, 0.6) is 11.5 Å². The van der Waals surface area contributed by atoms with Crippen molar-refractivity contribution in [2.45, 2.75) is 27.2 Å². The lowest BCUT2D eigenvalue weighted by Gasteiger charge is -2.18. The maximum Gasteiger partial charge on any atom is 0.221 e. The maximum absolute atomic E-state index is 11.4. The van der Waals surface area contributed by atoms with E-state index in [0.717, 1.165) is 6.42 Å². The molecule has 0 aliphatic heterocycles. The van der Waals surface area contributed by atoms with Crippen LogP contribution in [0.3, 0.4) is 0 Å². The summed E-state index contributed by atoms with van der Waals surface area (Å²) < 4.78 is 16.3. The number of hydrogen-bond acceptors (Lipinski definition) is 5. The fourth-order valence-electron chi connectivity index (χ4n) is 2.08. The Kier molecular flexibility index (Phi) is 9.64. The quantitative estimate of drug-likeness (QED) is 0.432. The minimum absolute atomic E-state index is 0.181. The Morgan fingerprint density at radius 1 is 1.08 bits per heavy atom. The second kappa shape index (κ2) is 11.5. The first-order valence-electron chi connectivity index (χ1n) is 8.26. The summed E-state index contributed by atoms with van der Waals surface area (Å²) in [4.78, 5) is 11.4. The lowest BCUT2D eigenvalue weighted by atomic mass is 10.2. The number of methoxy groups -OCH3 is 1. The van der Waals surface area contributed by atoms with Crippen LogP contribution in [0.2, 0.25) is 0 Å². The number of carbonyl (C=O) groups excluding carboxylic acids is 1.